The molecule has 126 valence electrons. The highest BCUT2D eigenvalue weighted by Gasteiger charge is 2.17. The Kier molecular flexibility index (Phi) is 2.92. The van der Waals surface area contributed by atoms with Crippen LogP contribution in [0, 0.1) is 6.85 Å². The highest BCUT2D eigenvalue weighted by atomic mass is 16.3. The van der Waals surface area contributed by atoms with Crippen LogP contribution in [0.3, 0.4) is 0 Å². The summed E-state index contributed by atoms with van der Waals surface area (Å²) in [6.07, 6.45) is 6.12. The van der Waals surface area contributed by atoms with Crippen molar-refractivity contribution < 1.29 is 12.6 Å². The molecule has 1 aliphatic rings. The molecule has 3 aromatic heterocycles. The van der Waals surface area contributed by atoms with E-state index < -0.39 is 12.7 Å². The molecule has 3 nitrogen and oxygen atoms in total. The maximum Gasteiger partial charge on any atom is 0.225 e. The molecule has 0 atom stereocenters. The van der Waals surface area contributed by atoms with Crippen LogP contribution < -0.4 is 0 Å². The van der Waals surface area contributed by atoms with Gasteiger partial charge in [0.25, 0.3) is 0 Å². The Bertz CT molecular complexity index is 1180. The second kappa shape index (κ2) is 7.06. The summed E-state index contributed by atoms with van der Waals surface area (Å²) in [7, 11) is 0. The van der Waals surface area contributed by atoms with Gasteiger partial charge in [-0.05, 0) is 61.5 Å². The summed E-state index contributed by atoms with van der Waals surface area (Å²) >= 11 is 0. The molecule has 0 N–H and O–H groups in total. The van der Waals surface area contributed by atoms with E-state index in [0.29, 0.717) is 29.4 Å². The Hall–Kier alpha value is -2.68. The topological polar surface area (TPSA) is 38.9 Å². The molecule has 0 bridgehead atoms. The summed E-state index contributed by atoms with van der Waals surface area (Å²) in [6, 6.07) is 9.99. The number of hydrogen-bond acceptors (Lipinski definition) is 3. The van der Waals surface area contributed by atoms with E-state index in [0.717, 1.165) is 12.8 Å². The zero-order valence-corrected chi connectivity index (χ0v) is 13.7. The van der Waals surface area contributed by atoms with Crippen LogP contribution >= 0.6 is 0 Å². The number of aromatic nitrogens is 2. The van der Waals surface area contributed by atoms with Gasteiger partial charge >= 0.3 is 0 Å². The van der Waals surface area contributed by atoms with Gasteiger partial charge in [0.2, 0.25) is 5.71 Å². The molecule has 1 saturated carbocycles. The van der Waals surface area contributed by atoms with Crippen LogP contribution in [0.25, 0.3) is 22.4 Å². The standard InChI is InChI=1S/C22H22N2O/c1-16-10-11-18-8-4-5-9-20(15-25-22(18)24-16)21-13-12-19(14-23-21)17-6-2-3-7-17/h4-5,8-15,17H,2-3,6-7H2,1H3/i1D3,12D,13D,17D. The van der Waals surface area contributed by atoms with Crippen LogP contribution in [-0.4, -0.2) is 9.97 Å². The molecular weight excluding hydrogens is 308 g/mol. The molecule has 0 saturated heterocycles. The van der Waals surface area contributed by atoms with Crippen molar-refractivity contribution in [3.63, 3.8) is 0 Å². The first-order valence-corrected chi connectivity index (χ1v) is 8.39. The minimum absolute atomic E-state index is 0.00910. The molecular formula is C22H22N2O. The molecule has 0 unspecified atom stereocenters. The van der Waals surface area contributed by atoms with Gasteiger partial charge in [0.1, 0.15) is 6.26 Å². The number of aryl methyl sites for hydroxylation is 1. The number of nitrogens with zero attached hydrogens (tertiary/aromatic N) is 2. The number of hydrogen-bond donors (Lipinski definition) is 0. The molecule has 0 amide bonds. The van der Waals surface area contributed by atoms with Crippen molar-refractivity contribution in [1.29, 1.82) is 0 Å². The van der Waals surface area contributed by atoms with E-state index in [4.69, 9.17) is 12.6 Å². The Morgan fingerprint density at radius 2 is 2.04 bits per heavy atom. The lowest BCUT2D eigenvalue weighted by atomic mass is 9.99. The maximum absolute atomic E-state index is 8.66. The zero-order valence-electron chi connectivity index (χ0n) is 19.7. The smallest absolute Gasteiger partial charge is 0.225 e. The summed E-state index contributed by atoms with van der Waals surface area (Å²) in [6.45, 7) is -2.36. The van der Waals surface area contributed by atoms with Crippen LogP contribution in [-0.2, 0) is 0 Å². The summed E-state index contributed by atoms with van der Waals surface area (Å²) in [5, 5.41) is 0.614. The van der Waals surface area contributed by atoms with Gasteiger partial charge in [-0.25, -0.2) is 4.98 Å². The molecule has 1 fully saturated rings. The van der Waals surface area contributed by atoms with E-state index in [1.54, 1.807) is 30.3 Å². The van der Waals surface area contributed by atoms with Crippen molar-refractivity contribution in [2.24, 2.45) is 0 Å². The van der Waals surface area contributed by atoms with Crippen molar-refractivity contribution in [2.45, 2.75) is 38.4 Å². The Morgan fingerprint density at radius 3 is 2.92 bits per heavy atom. The first kappa shape index (κ1) is 10.3. The Morgan fingerprint density at radius 1 is 1.16 bits per heavy atom. The van der Waals surface area contributed by atoms with Crippen LogP contribution in [0.15, 0.2) is 65.4 Å². The SMILES string of the molecule is [2H]c1c(C2([2H])CCCC2)cnc(-c2ccccc3ccc(C([2H])([2H])[2H])nc3oc2)c1[2H]. The predicted molar refractivity (Wildman–Crippen MR) is 101 cm³/mol. The fourth-order valence-corrected chi connectivity index (χ4v) is 3.00. The summed E-state index contributed by atoms with van der Waals surface area (Å²) < 4.78 is 54.0. The minimum atomic E-state index is -2.36. The van der Waals surface area contributed by atoms with Gasteiger partial charge in [0, 0.05) is 28.3 Å². The van der Waals surface area contributed by atoms with Gasteiger partial charge in [0.15, 0.2) is 0 Å². The molecule has 3 heteroatoms. The second-order valence-corrected chi connectivity index (χ2v) is 6.08. The molecule has 0 spiro atoms. The average molecular weight is 336 g/mol. The van der Waals surface area contributed by atoms with Crippen molar-refractivity contribution >= 4 is 11.1 Å². The number of pyridine rings is 2. The molecule has 1 aliphatic carbocycles. The lowest BCUT2D eigenvalue weighted by Crippen LogP contribution is -1.93. The van der Waals surface area contributed by atoms with Crippen LogP contribution in [0.4, 0.5) is 0 Å². The highest BCUT2D eigenvalue weighted by Crippen LogP contribution is 2.34. The lowest BCUT2D eigenvalue weighted by molar-refractivity contribution is 0.594. The maximum atomic E-state index is 8.66. The molecule has 0 aromatic carbocycles. The minimum Gasteiger partial charge on any atom is -0.445 e. The molecule has 0 radical (unpaired) electrons. The molecule has 3 aromatic rings. The van der Waals surface area contributed by atoms with E-state index >= 15 is 0 Å². The monoisotopic (exact) mass is 336 g/mol. The molecule has 25 heavy (non-hydrogen) atoms. The van der Waals surface area contributed by atoms with Gasteiger partial charge in [-0.3, -0.25) is 4.98 Å². The first-order valence-electron chi connectivity index (χ1n) is 11.4. The van der Waals surface area contributed by atoms with Gasteiger partial charge < -0.3 is 4.42 Å². The van der Waals surface area contributed by atoms with Gasteiger partial charge in [-0.15, -0.1) is 0 Å². The van der Waals surface area contributed by atoms with E-state index in [1.165, 1.54) is 18.5 Å². The van der Waals surface area contributed by atoms with E-state index in [1.807, 2.05) is 0 Å². The van der Waals surface area contributed by atoms with E-state index in [9.17, 15) is 0 Å². The first-order chi connectivity index (χ1) is 14.7. The lowest BCUT2D eigenvalue weighted by Gasteiger charge is -2.09. The quantitative estimate of drug-likeness (QED) is 0.578. The normalized spacial score (nSPS) is 19.8. The molecule has 0 aliphatic heterocycles. The van der Waals surface area contributed by atoms with Gasteiger partial charge in [0.05, 0.1) is 8.44 Å². The van der Waals surface area contributed by atoms with Gasteiger partial charge in [-0.1, -0.05) is 31.0 Å². The third-order valence-electron chi connectivity index (χ3n) is 4.35. The zero-order chi connectivity index (χ0) is 22.2. The molecule has 4 rings (SSSR count). The van der Waals surface area contributed by atoms with Gasteiger partial charge in [-0.2, -0.15) is 0 Å². The Labute approximate surface area is 156 Å². The summed E-state index contributed by atoms with van der Waals surface area (Å²) in [5.41, 5.74) is 1.26. The third-order valence-corrected chi connectivity index (χ3v) is 4.35. The van der Waals surface area contributed by atoms with Crippen molar-refractivity contribution in [3.8, 4) is 11.3 Å². The van der Waals surface area contributed by atoms with Crippen LogP contribution in [0.1, 0.15) is 51.1 Å². The van der Waals surface area contributed by atoms with Crippen molar-refractivity contribution in [1.82, 2.24) is 9.97 Å². The summed E-state index contributed by atoms with van der Waals surface area (Å²) in [5.74, 6) is -0.852. The van der Waals surface area contributed by atoms with Crippen LogP contribution in [0.5, 0.6) is 0 Å². The highest BCUT2D eigenvalue weighted by molar-refractivity contribution is 5.72. The predicted octanol–water partition coefficient (Wildman–Crippen LogP) is 5.98. The molecule has 3 heterocycles. The van der Waals surface area contributed by atoms with E-state index in [2.05, 4.69) is 9.97 Å². The van der Waals surface area contributed by atoms with E-state index in [-0.39, 0.29) is 29.2 Å². The average Bonchev–Trinajstić information content (AvgIpc) is 3.19. The fraction of sp³-hybridized carbons (Fsp3) is 0.273. The fourth-order valence-electron chi connectivity index (χ4n) is 3.00. The Balaban J connectivity index is 1.84. The third kappa shape index (κ3) is 3.55. The number of fused-ring (bicyclic) bond motifs is 1. The second-order valence-electron chi connectivity index (χ2n) is 6.08. The largest absolute Gasteiger partial charge is 0.445 e. The number of rotatable bonds is 2. The van der Waals surface area contributed by atoms with Crippen molar-refractivity contribution in [3.05, 3.63) is 72.2 Å². The van der Waals surface area contributed by atoms with Crippen LogP contribution in [0.2, 0.25) is 0 Å². The van der Waals surface area contributed by atoms with Crippen molar-refractivity contribution in [2.75, 3.05) is 0 Å². The summed E-state index contributed by atoms with van der Waals surface area (Å²) in [4.78, 5) is 8.54.